The molecule has 154 valence electrons. The van der Waals surface area contributed by atoms with Crippen molar-refractivity contribution in [1.29, 1.82) is 0 Å². The van der Waals surface area contributed by atoms with Crippen LogP contribution in [0.3, 0.4) is 0 Å². The Hall–Kier alpha value is -2.00. The van der Waals surface area contributed by atoms with Gasteiger partial charge in [0, 0.05) is 31.4 Å². The summed E-state index contributed by atoms with van der Waals surface area (Å²) in [6.07, 6.45) is -3.74. The molecule has 1 aliphatic heterocycles. The second-order valence-electron chi connectivity index (χ2n) is 7.29. The SMILES string of the molecule is CN(C)CCn1cc(-c2ccc(F)c(C(F)(F)F)c2)nc1[C@@H]1CCNC[C@@H]1F. The smallest absolute Gasteiger partial charge is 0.333 e. The van der Waals surface area contributed by atoms with Crippen molar-refractivity contribution in [3.63, 3.8) is 0 Å². The Morgan fingerprint density at radius 1 is 1.29 bits per heavy atom. The van der Waals surface area contributed by atoms with Crippen LogP contribution in [0.1, 0.15) is 23.7 Å². The standard InChI is InChI=1S/C19H23F5N4/c1-27(2)7-8-28-11-17(26-18(28)13-5-6-25-10-16(13)21)12-3-4-15(20)14(9-12)19(22,23)24/h3-4,9,11,13,16,25H,5-8,10H2,1-2H3/t13-,16+/m1/s1. The summed E-state index contributed by atoms with van der Waals surface area (Å²) in [5.74, 6) is -1.24. The lowest BCUT2D eigenvalue weighted by Gasteiger charge is -2.27. The van der Waals surface area contributed by atoms with E-state index in [2.05, 4.69) is 10.3 Å². The monoisotopic (exact) mass is 402 g/mol. The first kappa shape index (κ1) is 20.7. The summed E-state index contributed by atoms with van der Waals surface area (Å²) in [7, 11) is 3.80. The number of rotatable bonds is 5. The van der Waals surface area contributed by atoms with Crippen molar-refractivity contribution in [1.82, 2.24) is 19.8 Å². The molecule has 0 unspecified atom stereocenters. The summed E-state index contributed by atoms with van der Waals surface area (Å²) in [4.78, 5) is 6.43. The average molecular weight is 402 g/mol. The number of imidazole rings is 1. The fourth-order valence-corrected chi connectivity index (χ4v) is 3.37. The van der Waals surface area contributed by atoms with Gasteiger partial charge in [0.2, 0.25) is 0 Å². The zero-order chi connectivity index (χ0) is 20.5. The van der Waals surface area contributed by atoms with E-state index in [1.807, 2.05) is 19.0 Å². The zero-order valence-electron chi connectivity index (χ0n) is 15.7. The first-order chi connectivity index (χ1) is 13.2. The maximum Gasteiger partial charge on any atom is 0.419 e. The van der Waals surface area contributed by atoms with Crippen molar-refractivity contribution in [2.24, 2.45) is 0 Å². The Labute approximate surface area is 160 Å². The number of aromatic nitrogens is 2. The molecule has 0 amide bonds. The molecule has 1 aromatic carbocycles. The topological polar surface area (TPSA) is 33.1 Å². The predicted molar refractivity (Wildman–Crippen MR) is 96.3 cm³/mol. The third-order valence-electron chi connectivity index (χ3n) is 4.90. The Morgan fingerprint density at radius 3 is 2.68 bits per heavy atom. The fraction of sp³-hybridized carbons (Fsp3) is 0.526. The molecule has 2 heterocycles. The van der Waals surface area contributed by atoms with Crippen LogP contribution in [0.2, 0.25) is 0 Å². The van der Waals surface area contributed by atoms with Gasteiger partial charge < -0.3 is 14.8 Å². The second kappa shape index (κ2) is 8.16. The van der Waals surface area contributed by atoms with Gasteiger partial charge in [0.15, 0.2) is 0 Å². The Kier molecular flexibility index (Phi) is 6.04. The number of benzene rings is 1. The van der Waals surface area contributed by atoms with Gasteiger partial charge in [0.1, 0.15) is 17.8 Å². The van der Waals surface area contributed by atoms with E-state index < -0.39 is 29.6 Å². The molecule has 2 atom stereocenters. The van der Waals surface area contributed by atoms with Crippen LogP contribution in [0.4, 0.5) is 22.0 Å². The number of alkyl halides is 4. The van der Waals surface area contributed by atoms with Crippen LogP contribution in [0.15, 0.2) is 24.4 Å². The molecular weight excluding hydrogens is 379 g/mol. The Bertz CT molecular complexity index is 815. The Balaban J connectivity index is 2.01. The summed E-state index contributed by atoms with van der Waals surface area (Å²) in [6.45, 7) is 2.06. The van der Waals surface area contributed by atoms with Gasteiger partial charge in [-0.3, -0.25) is 0 Å². The average Bonchev–Trinajstić information content (AvgIpc) is 3.03. The van der Waals surface area contributed by atoms with E-state index in [0.29, 0.717) is 31.9 Å². The highest BCUT2D eigenvalue weighted by molar-refractivity contribution is 5.60. The highest BCUT2D eigenvalue weighted by Crippen LogP contribution is 2.35. The molecular formula is C19H23F5N4. The molecule has 3 rings (SSSR count). The molecule has 0 spiro atoms. The number of hydrogen-bond donors (Lipinski definition) is 1. The van der Waals surface area contributed by atoms with Crippen LogP contribution in [0.25, 0.3) is 11.3 Å². The molecule has 1 saturated heterocycles. The lowest BCUT2D eigenvalue weighted by Crippen LogP contribution is -2.38. The fourth-order valence-electron chi connectivity index (χ4n) is 3.37. The molecule has 28 heavy (non-hydrogen) atoms. The van der Waals surface area contributed by atoms with Gasteiger partial charge in [-0.05, 0) is 45.3 Å². The van der Waals surface area contributed by atoms with Crippen molar-refractivity contribution in [3.8, 4) is 11.3 Å². The summed E-state index contributed by atoms with van der Waals surface area (Å²) in [6, 6.07) is 2.81. The Morgan fingerprint density at radius 2 is 2.04 bits per heavy atom. The van der Waals surface area contributed by atoms with Crippen molar-refractivity contribution in [2.45, 2.75) is 31.2 Å². The molecule has 4 nitrogen and oxygen atoms in total. The highest BCUT2D eigenvalue weighted by atomic mass is 19.4. The first-order valence-electron chi connectivity index (χ1n) is 9.10. The number of likely N-dealkylation sites (N-methyl/N-ethyl adjacent to an activating group) is 1. The molecule has 2 aromatic rings. The molecule has 1 aromatic heterocycles. The minimum absolute atomic E-state index is 0.155. The van der Waals surface area contributed by atoms with E-state index in [4.69, 9.17) is 0 Å². The third kappa shape index (κ3) is 4.52. The van der Waals surface area contributed by atoms with Gasteiger partial charge in [-0.2, -0.15) is 13.2 Å². The van der Waals surface area contributed by atoms with Crippen LogP contribution < -0.4 is 5.32 Å². The number of halogens is 5. The lowest BCUT2D eigenvalue weighted by atomic mass is 9.95. The maximum absolute atomic E-state index is 14.5. The highest BCUT2D eigenvalue weighted by Gasteiger charge is 2.35. The molecule has 0 bridgehead atoms. The number of hydrogen-bond acceptors (Lipinski definition) is 3. The first-order valence-corrected chi connectivity index (χ1v) is 9.10. The largest absolute Gasteiger partial charge is 0.419 e. The molecule has 1 fully saturated rings. The van der Waals surface area contributed by atoms with Crippen molar-refractivity contribution in [2.75, 3.05) is 33.7 Å². The van der Waals surface area contributed by atoms with E-state index in [9.17, 15) is 22.0 Å². The molecule has 0 radical (unpaired) electrons. The molecule has 0 saturated carbocycles. The minimum atomic E-state index is -4.80. The van der Waals surface area contributed by atoms with Crippen molar-refractivity contribution in [3.05, 3.63) is 41.6 Å². The predicted octanol–water partition coefficient (Wildman–Crippen LogP) is 3.68. The van der Waals surface area contributed by atoms with Gasteiger partial charge in [-0.15, -0.1) is 0 Å². The van der Waals surface area contributed by atoms with Gasteiger partial charge in [-0.25, -0.2) is 13.8 Å². The van der Waals surface area contributed by atoms with Crippen molar-refractivity contribution < 1.29 is 22.0 Å². The number of piperidine rings is 1. The van der Waals surface area contributed by atoms with Gasteiger partial charge in [-0.1, -0.05) is 0 Å². The summed E-state index contributed by atoms with van der Waals surface area (Å²) in [5.41, 5.74) is -0.896. The van der Waals surface area contributed by atoms with Crippen LogP contribution in [-0.4, -0.2) is 54.4 Å². The van der Waals surface area contributed by atoms with Gasteiger partial charge in [0.05, 0.1) is 17.2 Å². The van der Waals surface area contributed by atoms with E-state index in [-0.39, 0.29) is 17.8 Å². The normalized spacial score (nSPS) is 20.7. The van der Waals surface area contributed by atoms with Crippen LogP contribution >= 0.6 is 0 Å². The molecule has 1 N–H and O–H groups in total. The van der Waals surface area contributed by atoms with E-state index in [1.165, 1.54) is 6.07 Å². The van der Waals surface area contributed by atoms with Crippen molar-refractivity contribution >= 4 is 0 Å². The minimum Gasteiger partial charge on any atom is -0.333 e. The quantitative estimate of drug-likeness (QED) is 0.775. The lowest BCUT2D eigenvalue weighted by molar-refractivity contribution is -0.139. The summed E-state index contributed by atoms with van der Waals surface area (Å²) in [5, 5.41) is 2.99. The van der Waals surface area contributed by atoms with E-state index in [0.717, 1.165) is 12.1 Å². The summed E-state index contributed by atoms with van der Waals surface area (Å²) < 4.78 is 69.0. The van der Waals surface area contributed by atoms with E-state index >= 15 is 0 Å². The number of nitrogens with one attached hydrogen (secondary N) is 1. The van der Waals surface area contributed by atoms with Crippen LogP contribution in [0.5, 0.6) is 0 Å². The summed E-state index contributed by atoms with van der Waals surface area (Å²) >= 11 is 0. The molecule has 1 aliphatic rings. The zero-order valence-corrected chi connectivity index (χ0v) is 15.7. The van der Waals surface area contributed by atoms with Gasteiger partial charge in [0.25, 0.3) is 0 Å². The molecule has 0 aliphatic carbocycles. The third-order valence-corrected chi connectivity index (χ3v) is 4.90. The number of nitrogens with zero attached hydrogens (tertiary/aromatic N) is 3. The second-order valence-corrected chi connectivity index (χ2v) is 7.29. The maximum atomic E-state index is 14.5. The molecule has 9 heteroatoms. The van der Waals surface area contributed by atoms with Crippen LogP contribution in [0, 0.1) is 5.82 Å². The van der Waals surface area contributed by atoms with Gasteiger partial charge >= 0.3 is 6.18 Å². The van der Waals surface area contributed by atoms with E-state index in [1.54, 1.807) is 10.8 Å². The van der Waals surface area contributed by atoms with Crippen LogP contribution in [-0.2, 0) is 12.7 Å².